The van der Waals surface area contributed by atoms with Crippen molar-refractivity contribution in [2.75, 3.05) is 12.4 Å². The van der Waals surface area contributed by atoms with Gasteiger partial charge in [-0.2, -0.15) is 0 Å². The Morgan fingerprint density at radius 3 is 2.38 bits per heavy atom. The second kappa shape index (κ2) is 7.13. The molecule has 2 aromatic rings. The molecule has 0 aliphatic rings. The minimum atomic E-state index is -0.645. The van der Waals surface area contributed by atoms with Gasteiger partial charge >= 0.3 is 0 Å². The van der Waals surface area contributed by atoms with Crippen LogP contribution in [0.4, 0.5) is 5.69 Å². The lowest BCUT2D eigenvalue weighted by Crippen LogP contribution is -2.30. The first kappa shape index (κ1) is 15.4. The number of methoxy groups -OCH3 is 1. The van der Waals surface area contributed by atoms with E-state index in [9.17, 15) is 4.79 Å². The topological polar surface area (TPSA) is 47.6 Å². The molecule has 0 heterocycles. The monoisotopic (exact) mass is 349 g/mol. The molecule has 0 unspecified atom stereocenters. The Morgan fingerprint density at radius 1 is 1.10 bits per heavy atom. The van der Waals surface area contributed by atoms with Crippen LogP contribution in [-0.2, 0) is 4.79 Å². The van der Waals surface area contributed by atoms with Crippen molar-refractivity contribution in [3.8, 4) is 11.5 Å². The first-order chi connectivity index (χ1) is 10.1. The molecule has 2 rings (SSSR count). The highest BCUT2D eigenvalue weighted by atomic mass is 79.9. The number of nitrogens with one attached hydrogen (secondary N) is 1. The Morgan fingerprint density at radius 2 is 1.71 bits per heavy atom. The van der Waals surface area contributed by atoms with E-state index < -0.39 is 6.10 Å². The molecule has 1 N–H and O–H groups in total. The van der Waals surface area contributed by atoms with Crippen LogP contribution in [0, 0.1) is 0 Å². The first-order valence-electron chi connectivity index (χ1n) is 6.47. The Labute approximate surface area is 132 Å². The summed E-state index contributed by atoms with van der Waals surface area (Å²) in [5, 5.41) is 2.82. The van der Waals surface area contributed by atoms with Gasteiger partial charge in [0.2, 0.25) is 0 Å². The predicted octanol–water partition coefficient (Wildman–Crippen LogP) is 3.86. The quantitative estimate of drug-likeness (QED) is 0.891. The van der Waals surface area contributed by atoms with Crippen LogP contribution in [-0.4, -0.2) is 19.1 Å². The lowest BCUT2D eigenvalue weighted by Gasteiger charge is -2.17. The number of halogens is 1. The molecule has 0 aliphatic heterocycles. The third-order valence-corrected chi connectivity index (χ3v) is 3.57. The minimum Gasteiger partial charge on any atom is -0.493 e. The molecule has 21 heavy (non-hydrogen) atoms. The highest BCUT2D eigenvalue weighted by Gasteiger charge is 2.17. The van der Waals surface area contributed by atoms with E-state index in [2.05, 4.69) is 21.2 Å². The van der Waals surface area contributed by atoms with Gasteiger partial charge in [0.05, 0.1) is 12.8 Å². The molecule has 1 atom stereocenters. The van der Waals surface area contributed by atoms with Crippen LogP contribution in [0.25, 0.3) is 0 Å². The second-order valence-electron chi connectivity index (χ2n) is 4.38. The van der Waals surface area contributed by atoms with E-state index in [1.807, 2.05) is 36.4 Å². The third-order valence-electron chi connectivity index (χ3n) is 2.87. The summed E-state index contributed by atoms with van der Waals surface area (Å²) in [4.78, 5) is 12.2. The number of hydrogen-bond donors (Lipinski definition) is 1. The molecule has 5 heteroatoms. The van der Waals surface area contributed by atoms with Gasteiger partial charge < -0.3 is 14.8 Å². The first-order valence-corrected chi connectivity index (χ1v) is 7.26. The van der Waals surface area contributed by atoms with Crippen LogP contribution in [0.2, 0.25) is 0 Å². The smallest absolute Gasteiger partial charge is 0.265 e. The Hall–Kier alpha value is -2.01. The van der Waals surface area contributed by atoms with E-state index in [1.165, 1.54) is 0 Å². The largest absolute Gasteiger partial charge is 0.493 e. The molecular weight excluding hydrogens is 334 g/mol. The van der Waals surface area contributed by atoms with Gasteiger partial charge in [-0.05, 0) is 47.1 Å². The molecular formula is C16H16BrNO3. The zero-order valence-corrected chi connectivity index (χ0v) is 13.4. The summed E-state index contributed by atoms with van der Waals surface area (Å²) in [7, 11) is 1.56. The van der Waals surface area contributed by atoms with Gasteiger partial charge in [-0.15, -0.1) is 0 Å². The Bertz CT molecular complexity index is 630. The molecule has 110 valence electrons. The van der Waals surface area contributed by atoms with Crippen LogP contribution in [0.1, 0.15) is 6.92 Å². The highest BCUT2D eigenvalue weighted by Crippen LogP contribution is 2.27. The van der Waals surface area contributed by atoms with Gasteiger partial charge in [-0.25, -0.2) is 0 Å². The number of carbonyl (C=O) groups is 1. The Kier molecular flexibility index (Phi) is 5.22. The number of hydrogen-bond acceptors (Lipinski definition) is 3. The van der Waals surface area contributed by atoms with Crippen molar-refractivity contribution >= 4 is 27.5 Å². The fourth-order valence-electron chi connectivity index (χ4n) is 1.76. The van der Waals surface area contributed by atoms with Crippen molar-refractivity contribution in [1.29, 1.82) is 0 Å². The summed E-state index contributed by atoms with van der Waals surface area (Å²) in [6, 6.07) is 14.6. The summed E-state index contributed by atoms with van der Waals surface area (Å²) in [6.45, 7) is 1.69. The van der Waals surface area contributed by atoms with Crippen LogP contribution in [0.3, 0.4) is 0 Å². The fraction of sp³-hybridized carbons (Fsp3) is 0.188. The zero-order chi connectivity index (χ0) is 15.2. The van der Waals surface area contributed by atoms with Crippen molar-refractivity contribution < 1.29 is 14.3 Å². The van der Waals surface area contributed by atoms with Gasteiger partial charge in [0.25, 0.3) is 5.91 Å². The normalized spacial score (nSPS) is 11.6. The van der Waals surface area contributed by atoms with Gasteiger partial charge in [-0.3, -0.25) is 4.79 Å². The SMILES string of the molecule is COc1ccccc1O[C@H](C)C(=O)Nc1ccccc1Br. The number of carbonyl (C=O) groups excluding carboxylic acids is 1. The Balaban J connectivity index is 2.05. The van der Waals surface area contributed by atoms with Crippen LogP contribution in [0.5, 0.6) is 11.5 Å². The zero-order valence-electron chi connectivity index (χ0n) is 11.8. The molecule has 0 bridgehead atoms. The number of para-hydroxylation sites is 3. The molecule has 0 saturated heterocycles. The van der Waals surface area contributed by atoms with Crippen molar-refractivity contribution in [2.24, 2.45) is 0 Å². The summed E-state index contributed by atoms with van der Waals surface area (Å²) in [5.41, 5.74) is 0.706. The van der Waals surface area contributed by atoms with Crippen molar-refractivity contribution in [2.45, 2.75) is 13.0 Å². The van der Waals surface area contributed by atoms with Gasteiger partial charge in [0, 0.05) is 4.47 Å². The average molecular weight is 350 g/mol. The maximum atomic E-state index is 12.2. The molecule has 1 amide bonds. The van der Waals surface area contributed by atoms with Gasteiger partial charge in [-0.1, -0.05) is 24.3 Å². The van der Waals surface area contributed by atoms with E-state index in [-0.39, 0.29) is 5.91 Å². The summed E-state index contributed by atoms with van der Waals surface area (Å²) >= 11 is 3.39. The van der Waals surface area contributed by atoms with E-state index >= 15 is 0 Å². The summed E-state index contributed by atoms with van der Waals surface area (Å²) < 4.78 is 11.7. The standard InChI is InChI=1S/C16H16BrNO3/c1-11(21-15-10-6-5-9-14(15)20-2)16(19)18-13-8-4-3-7-12(13)17/h3-11H,1-2H3,(H,18,19)/t11-/m1/s1. The van der Waals surface area contributed by atoms with E-state index in [0.29, 0.717) is 17.2 Å². The predicted molar refractivity (Wildman–Crippen MR) is 85.9 cm³/mol. The number of anilines is 1. The lowest BCUT2D eigenvalue weighted by atomic mass is 10.3. The van der Waals surface area contributed by atoms with Crippen LogP contribution < -0.4 is 14.8 Å². The number of amides is 1. The van der Waals surface area contributed by atoms with E-state index in [4.69, 9.17) is 9.47 Å². The molecule has 0 aromatic heterocycles. The van der Waals surface area contributed by atoms with Crippen molar-refractivity contribution in [3.05, 3.63) is 53.0 Å². The molecule has 0 aliphatic carbocycles. The molecule has 0 fully saturated rings. The number of ether oxygens (including phenoxy) is 2. The van der Waals surface area contributed by atoms with Crippen molar-refractivity contribution in [1.82, 2.24) is 0 Å². The molecule has 0 radical (unpaired) electrons. The van der Waals surface area contributed by atoms with E-state index in [1.54, 1.807) is 26.2 Å². The number of rotatable bonds is 5. The van der Waals surface area contributed by atoms with Crippen molar-refractivity contribution in [3.63, 3.8) is 0 Å². The van der Waals surface area contributed by atoms with Crippen LogP contribution >= 0.6 is 15.9 Å². The van der Waals surface area contributed by atoms with Crippen LogP contribution in [0.15, 0.2) is 53.0 Å². The molecule has 2 aromatic carbocycles. The highest BCUT2D eigenvalue weighted by molar-refractivity contribution is 9.10. The van der Waals surface area contributed by atoms with E-state index in [0.717, 1.165) is 4.47 Å². The second-order valence-corrected chi connectivity index (χ2v) is 5.23. The summed E-state index contributed by atoms with van der Waals surface area (Å²) in [6.07, 6.45) is -0.645. The maximum absolute atomic E-state index is 12.2. The lowest BCUT2D eigenvalue weighted by molar-refractivity contribution is -0.122. The molecule has 4 nitrogen and oxygen atoms in total. The minimum absolute atomic E-state index is 0.229. The third kappa shape index (κ3) is 3.98. The molecule has 0 saturated carbocycles. The fourth-order valence-corrected chi connectivity index (χ4v) is 2.14. The molecule has 0 spiro atoms. The van der Waals surface area contributed by atoms with Gasteiger partial charge in [0.15, 0.2) is 17.6 Å². The number of benzene rings is 2. The summed E-state index contributed by atoms with van der Waals surface area (Å²) in [5.74, 6) is 0.903. The maximum Gasteiger partial charge on any atom is 0.265 e. The average Bonchev–Trinajstić information content (AvgIpc) is 2.50. The van der Waals surface area contributed by atoms with Gasteiger partial charge in [0.1, 0.15) is 0 Å².